The lowest BCUT2D eigenvalue weighted by Gasteiger charge is -2.35. The fraction of sp³-hybridized carbons (Fsp3) is 0.579. The minimum Gasteiger partial charge on any atom is -0.352 e. The lowest BCUT2D eigenvalue weighted by molar-refractivity contribution is -0.127. The fourth-order valence-corrected chi connectivity index (χ4v) is 3.72. The van der Waals surface area contributed by atoms with E-state index in [4.69, 9.17) is 0 Å². The van der Waals surface area contributed by atoms with Crippen LogP contribution in [0.5, 0.6) is 0 Å². The highest BCUT2D eigenvalue weighted by Gasteiger charge is 2.31. The Labute approximate surface area is 152 Å². The van der Waals surface area contributed by atoms with Crippen molar-refractivity contribution in [2.75, 3.05) is 19.6 Å². The molecule has 2 aliphatic rings. The molecule has 0 aromatic heterocycles. The predicted octanol–water partition coefficient (Wildman–Crippen LogP) is 2.07. The quantitative estimate of drug-likeness (QED) is 0.862. The molecular weight excluding hydrogens is 340 g/mol. The Kier molecular flexibility index (Phi) is 5.86. The maximum atomic E-state index is 13.8. The molecule has 2 N–H and O–H groups in total. The van der Waals surface area contributed by atoms with Crippen LogP contribution >= 0.6 is 0 Å². The van der Waals surface area contributed by atoms with Crippen molar-refractivity contribution in [1.29, 1.82) is 0 Å². The van der Waals surface area contributed by atoms with Crippen molar-refractivity contribution in [3.8, 4) is 0 Å². The molecular formula is C19H25F2N3O2. The Balaban J connectivity index is 1.53. The molecule has 26 heavy (non-hydrogen) atoms. The molecule has 2 unspecified atom stereocenters. The Morgan fingerprint density at radius 3 is 2.58 bits per heavy atom. The number of hydrogen-bond acceptors (Lipinski definition) is 3. The summed E-state index contributed by atoms with van der Waals surface area (Å²) in [6.07, 6.45) is 3.12. The first-order chi connectivity index (χ1) is 12.5. The highest BCUT2D eigenvalue weighted by molar-refractivity contribution is 5.94. The number of rotatable bonds is 3. The van der Waals surface area contributed by atoms with Crippen LogP contribution in [0.15, 0.2) is 18.2 Å². The molecule has 2 amide bonds. The summed E-state index contributed by atoms with van der Waals surface area (Å²) in [5.74, 6) is -2.11. The van der Waals surface area contributed by atoms with Gasteiger partial charge in [0.15, 0.2) is 0 Å². The first-order valence-electron chi connectivity index (χ1n) is 9.24. The summed E-state index contributed by atoms with van der Waals surface area (Å²) in [6, 6.07) is 3.37. The van der Waals surface area contributed by atoms with Crippen LogP contribution in [0, 0.1) is 17.6 Å². The number of halogens is 2. The van der Waals surface area contributed by atoms with Crippen molar-refractivity contribution in [1.82, 2.24) is 15.5 Å². The minimum absolute atomic E-state index is 0.0330. The SMILES string of the molecule is CC1NCCCC1NC(=O)C1CCN(C(=O)c2ccc(F)cc2F)CC1. The van der Waals surface area contributed by atoms with Gasteiger partial charge in [-0.25, -0.2) is 8.78 Å². The van der Waals surface area contributed by atoms with Crippen molar-refractivity contribution in [2.24, 2.45) is 5.92 Å². The number of nitrogens with zero attached hydrogens (tertiary/aromatic N) is 1. The third kappa shape index (κ3) is 4.20. The van der Waals surface area contributed by atoms with Crippen molar-refractivity contribution < 1.29 is 18.4 Å². The summed E-state index contributed by atoms with van der Waals surface area (Å²) in [4.78, 5) is 26.5. The Bertz CT molecular complexity index is 675. The number of nitrogens with one attached hydrogen (secondary N) is 2. The largest absolute Gasteiger partial charge is 0.352 e. The monoisotopic (exact) mass is 365 g/mol. The number of carbonyl (C=O) groups excluding carboxylic acids is 2. The molecule has 142 valence electrons. The molecule has 2 fully saturated rings. The van der Waals surface area contributed by atoms with Gasteiger partial charge in [-0.05, 0) is 51.3 Å². The van der Waals surface area contributed by atoms with Gasteiger partial charge in [0.25, 0.3) is 5.91 Å². The van der Waals surface area contributed by atoms with E-state index in [1.807, 2.05) is 0 Å². The second-order valence-electron chi connectivity index (χ2n) is 7.19. The molecule has 2 atom stereocenters. The first-order valence-corrected chi connectivity index (χ1v) is 9.24. The Morgan fingerprint density at radius 2 is 1.92 bits per heavy atom. The molecule has 2 heterocycles. The summed E-state index contributed by atoms with van der Waals surface area (Å²) in [6.45, 7) is 3.84. The van der Waals surface area contributed by atoms with E-state index in [9.17, 15) is 18.4 Å². The van der Waals surface area contributed by atoms with E-state index in [0.29, 0.717) is 32.0 Å². The zero-order chi connectivity index (χ0) is 18.7. The molecule has 0 saturated carbocycles. The second kappa shape index (κ2) is 8.12. The van der Waals surface area contributed by atoms with Gasteiger partial charge in [-0.3, -0.25) is 9.59 Å². The van der Waals surface area contributed by atoms with E-state index in [0.717, 1.165) is 25.5 Å². The first kappa shape index (κ1) is 18.8. The molecule has 0 aliphatic carbocycles. The van der Waals surface area contributed by atoms with E-state index in [2.05, 4.69) is 17.6 Å². The zero-order valence-electron chi connectivity index (χ0n) is 14.9. The summed E-state index contributed by atoms with van der Waals surface area (Å²) >= 11 is 0. The smallest absolute Gasteiger partial charge is 0.256 e. The molecule has 1 aromatic carbocycles. The van der Waals surface area contributed by atoms with E-state index in [1.165, 1.54) is 11.0 Å². The molecule has 0 spiro atoms. The van der Waals surface area contributed by atoms with Crippen LogP contribution in [0.4, 0.5) is 8.78 Å². The molecule has 0 bridgehead atoms. The highest BCUT2D eigenvalue weighted by atomic mass is 19.1. The zero-order valence-corrected chi connectivity index (χ0v) is 14.9. The topological polar surface area (TPSA) is 61.4 Å². The summed E-state index contributed by atoms with van der Waals surface area (Å²) in [7, 11) is 0. The van der Waals surface area contributed by atoms with Crippen LogP contribution in [0.2, 0.25) is 0 Å². The molecule has 0 radical (unpaired) electrons. The van der Waals surface area contributed by atoms with Gasteiger partial charge in [-0.2, -0.15) is 0 Å². The van der Waals surface area contributed by atoms with E-state index in [1.54, 1.807) is 0 Å². The molecule has 5 nitrogen and oxygen atoms in total. The summed E-state index contributed by atoms with van der Waals surface area (Å²) < 4.78 is 26.8. The average molecular weight is 365 g/mol. The standard InChI is InChI=1S/C19H25F2N3O2/c1-12-17(3-2-8-22-12)23-18(25)13-6-9-24(10-7-13)19(26)15-5-4-14(20)11-16(15)21/h4-5,11-13,17,22H,2-3,6-10H2,1H3,(H,23,25). The Morgan fingerprint density at radius 1 is 1.19 bits per heavy atom. The fourth-order valence-electron chi connectivity index (χ4n) is 3.72. The van der Waals surface area contributed by atoms with E-state index < -0.39 is 17.5 Å². The highest BCUT2D eigenvalue weighted by Crippen LogP contribution is 2.21. The molecule has 7 heteroatoms. The van der Waals surface area contributed by atoms with Gasteiger partial charge in [0.1, 0.15) is 11.6 Å². The van der Waals surface area contributed by atoms with Crippen molar-refractivity contribution >= 4 is 11.8 Å². The number of amides is 2. The summed E-state index contributed by atoms with van der Waals surface area (Å²) in [5, 5.41) is 6.48. The molecule has 1 aromatic rings. The van der Waals surface area contributed by atoms with Crippen molar-refractivity contribution in [3.05, 3.63) is 35.4 Å². The van der Waals surface area contributed by atoms with Crippen molar-refractivity contribution in [3.63, 3.8) is 0 Å². The minimum atomic E-state index is -0.853. The third-order valence-corrected chi connectivity index (χ3v) is 5.40. The lowest BCUT2D eigenvalue weighted by Crippen LogP contribution is -2.54. The lowest BCUT2D eigenvalue weighted by atomic mass is 9.93. The predicted molar refractivity (Wildman–Crippen MR) is 93.6 cm³/mol. The van der Waals surface area contributed by atoms with E-state index >= 15 is 0 Å². The number of benzene rings is 1. The van der Waals surface area contributed by atoms with Gasteiger partial charge in [0.2, 0.25) is 5.91 Å². The van der Waals surface area contributed by atoms with Crippen LogP contribution in [0.3, 0.4) is 0 Å². The van der Waals surface area contributed by atoms with Crippen LogP contribution in [0.1, 0.15) is 43.0 Å². The summed E-state index contributed by atoms with van der Waals surface area (Å²) in [5.41, 5.74) is -0.128. The maximum absolute atomic E-state index is 13.8. The van der Waals surface area contributed by atoms with Gasteiger partial charge in [0.05, 0.1) is 5.56 Å². The molecule has 2 saturated heterocycles. The second-order valence-corrected chi connectivity index (χ2v) is 7.19. The maximum Gasteiger partial charge on any atom is 0.256 e. The molecule has 2 aliphatic heterocycles. The molecule has 3 rings (SSSR count). The third-order valence-electron chi connectivity index (χ3n) is 5.40. The van der Waals surface area contributed by atoms with Crippen molar-refractivity contribution in [2.45, 2.75) is 44.7 Å². The number of hydrogen-bond donors (Lipinski definition) is 2. The number of carbonyl (C=O) groups is 2. The van der Waals surface area contributed by atoms with E-state index in [-0.39, 0.29) is 29.5 Å². The van der Waals surface area contributed by atoms with Crippen LogP contribution < -0.4 is 10.6 Å². The van der Waals surface area contributed by atoms with Gasteiger partial charge >= 0.3 is 0 Å². The average Bonchev–Trinajstić information content (AvgIpc) is 2.63. The van der Waals surface area contributed by atoms with Gasteiger partial charge in [-0.1, -0.05) is 0 Å². The van der Waals surface area contributed by atoms with Gasteiger partial charge in [0, 0.05) is 37.2 Å². The van der Waals surface area contributed by atoms with Crippen LogP contribution in [-0.2, 0) is 4.79 Å². The van der Waals surface area contributed by atoms with Crippen LogP contribution in [0.25, 0.3) is 0 Å². The number of likely N-dealkylation sites (tertiary alicyclic amines) is 1. The Hall–Kier alpha value is -2.02. The van der Waals surface area contributed by atoms with Crippen LogP contribution in [-0.4, -0.2) is 48.4 Å². The normalized spacial score (nSPS) is 24.3. The van der Waals surface area contributed by atoms with Gasteiger partial charge < -0.3 is 15.5 Å². The number of piperidine rings is 2. The van der Waals surface area contributed by atoms with Gasteiger partial charge in [-0.15, -0.1) is 0 Å².